The van der Waals surface area contributed by atoms with Gasteiger partial charge in [-0.3, -0.25) is 0 Å². The van der Waals surface area contributed by atoms with E-state index in [0.29, 0.717) is 23.1 Å². The molecule has 0 amide bonds. The maximum Gasteiger partial charge on any atom is 0.238 e. The van der Waals surface area contributed by atoms with Gasteiger partial charge in [0.2, 0.25) is 10.0 Å². The lowest BCUT2D eigenvalue weighted by Crippen LogP contribution is -2.11. The van der Waals surface area contributed by atoms with Crippen molar-refractivity contribution in [3.63, 3.8) is 0 Å². The molecule has 0 saturated heterocycles. The molecule has 2 aromatic carbocycles. The maximum absolute atomic E-state index is 13.1. The van der Waals surface area contributed by atoms with Gasteiger partial charge in [0.05, 0.1) is 10.6 Å². The van der Waals surface area contributed by atoms with Crippen LogP contribution in [0.3, 0.4) is 0 Å². The molecule has 31 heavy (non-hydrogen) atoms. The zero-order valence-electron chi connectivity index (χ0n) is 16.3. The summed E-state index contributed by atoms with van der Waals surface area (Å²) < 4.78 is 35.9. The first kappa shape index (κ1) is 21.4. The monoisotopic (exact) mass is 475 g/mol. The first-order chi connectivity index (χ1) is 14.7. The molecule has 160 valence electrons. The minimum Gasteiger partial charge on any atom is -0.382 e. The molecule has 0 radical (unpaired) electrons. The molecule has 11 heteroatoms. The lowest BCUT2D eigenvalue weighted by molar-refractivity contribution is 0.598. The molecule has 0 spiro atoms. The predicted octanol–water partition coefficient (Wildman–Crippen LogP) is 4.28. The number of nitrogen functional groups attached to an aromatic ring is 1. The molecule has 0 bridgehead atoms. The number of nitrogens with two attached hydrogens (primary N) is 2. The summed E-state index contributed by atoms with van der Waals surface area (Å²) in [7, 11) is -3.74. The number of halogens is 1. The fourth-order valence-electron chi connectivity index (χ4n) is 2.87. The third-order valence-corrected chi connectivity index (χ3v) is 7.68. The van der Waals surface area contributed by atoms with Gasteiger partial charge in [-0.25, -0.2) is 27.9 Å². The molecule has 0 aliphatic carbocycles. The van der Waals surface area contributed by atoms with Crippen LogP contribution in [0.15, 0.2) is 53.4 Å². The van der Waals surface area contributed by atoms with Gasteiger partial charge in [0.15, 0.2) is 5.13 Å². The Morgan fingerprint density at radius 2 is 1.71 bits per heavy atom. The lowest BCUT2D eigenvalue weighted by atomic mass is 10.1. The van der Waals surface area contributed by atoms with Gasteiger partial charge in [-0.2, -0.15) is 0 Å². The Balaban J connectivity index is 1.54. The topological polar surface area (TPSA) is 124 Å². The quantitative estimate of drug-likeness (QED) is 0.382. The van der Waals surface area contributed by atoms with E-state index < -0.39 is 10.0 Å². The smallest absolute Gasteiger partial charge is 0.238 e. The zero-order valence-corrected chi connectivity index (χ0v) is 18.7. The number of aryl methyl sites for hydroxylation is 1. The van der Waals surface area contributed by atoms with E-state index in [-0.39, 0.29) is 10.7 Å². The molecule has 4 rings (SSSR count). The summed E-state index contributed by atoms with van der Waals surface area (Å²) in [5.41, 5.74) is 8.67. The Kier molecular flexibility index (Phi) is 5.75. The fourth-order valence-corrected chi connectivity index (χ4v) is 5.47. The van der Waals surface area contributed by atoms with E-state index in [1.165, 1.54) is 46.9 Å². The molecule has 2 aromatic heterocycles. The number of nitrogens with one attached hydrogen (secondary N) is 1. The number of anilines is 3. The lowest BCUT2D eigenvalue weighted by Gasteiger charge is -2.03. The van der Waals surface area contributed by atoms with Crippen LogP contribution in [0, 0.1) is 12.7 Å². The largest absolute Gasteiger partial charge is 0.382 e. The predicted molar refractivity (Wildman–Crippen MR) is 123 cm³/mol. The molecule has 0 aliphatic rings. The number of benzene rings is 2. The fraction of sp³-hybridized carbons (Fsp3) is 0.100. The van der Waals surface area contributed by atoms with E-state index in [9.17, 15) is 12.8 Å². The minimum absolute atomic E-state index is 0.0318. The van der Waals surface area contributed by atoms with Gasteiger partial charge in [0, 0.05) is 17.0 Å². The summed E-state index contributed by atoms with van der Waals surface area (Å²) in [4.78, 5) is 10.8. The van der Waals surface area contributed by atoms with Crippen LogP contribution in [0.1, 0.15) is 16.1 Å². The van der Waals surface area contributed by atoms with Crippen LogP contribution in [-0.2, 0) is 16.4 Å². The average molecular weight is 476 g/mol. The molecule has 0 aliphatic heterocycles. The summed E-state index contributed by atoms with van der Waals surface area (Å²) in [5.74, 6) is 0.0953. The highest BCUT2D eigenvalue weighted by Gasteiger charge is 2.17. The zero-order chi connectivity index (χ0) is 22.2. The van der Waals surface area contributed by atoms with Crippen LogP contribution in [0.2, 0.25) is 0 Å². The van der Waals surface area contributed by atoms with Crippen LogP contribution >= 0.6 is 22.7 Å². The molecular weight excluding hydrogens is 457 g/mol. The van der Waals surface area contributed by atoms with Crippen molar-refractivity contribution in [2.24, 2.45) is 5.14 Å². The van der Waals surface area contributed by atoms with E-state index in [0.717, 1.165) is 26.0 Å². The van der Waals surface area contributed by atoms with Gasteiger partial charge in [0.1, 0.15) is 21.5 Å². The molecule has 2 heterocycles. The molecule has 0 atom stereocenters. The molecule has 7 nitrogen and oxygen atoms in total. The van der Waals surface area contributed by atoms with E-state index >= 15 is 0 Å². The number of thiazole rings is 2. The molecule has 4 aromatic rings. The second-order valence-corrected chi connectivity index (χ2v) is 10.4. The van der Waals surface area contributed by atoms with Crippen molar-refractivity contribution in [2.75, 3.05) is 11.1 Å². The number of hydrogen-bond donors (Lipinski definition) is 3. The number of primary sulfonamides is 1. The normalized spacial score (nSPS) is 11.6. The standard InChI is InChI=1S/C20H18FN5O2S3/c1-11-16(10-12-2-4-13(21)5-3-12)29-19(24-11)17-18(22)26-20(30-17)25-14-6-8-15(9-7-14)31(23,27)28/h2-9H,10,22H2,1H3,(H,25,26)(H2,23,27,28). The van der Waals surface area contributed by atoms with Gasteiger partial charge in [-0.05, 0) is 48.9 Å². The Labute approximate surface area is 186 Å². The number of nitrogens with zero attached hydrogens (tertiary/aromatic N) is 2. The third-order valence-electron chi connectivity index (χ3n) is 4.45. The summed E-state index contributed by atoms with van der Waals surface area (Å²) in [6, 6.07) is 12.5. The molecule has 0 fully saturated rings. The molecule has 0 saturated carbocycles. The summed E-state index contributed by atoms with van der Waals surface area (Å²) >= 11 is 2.88. The Morgan fingerprint density at radius 3 is 2.35 bits per heavy atom. The molecule has 0 unspecified atom stereocenters. The highest BCUT2D eigenvalue weighted by Crippen LogP contribution is 2.39. The van der Waals surface area contributed by atoms with E-state index in [1.54, 1.807) is 24.3 Å². The van der Waals surface area contributed by atoms with Crippen molar-refractivity contribution >= 4 is 49.3 Å². The maximum atomic E-state index is 13.1. The van der Waals surface area contributed by atoms with E-state index in [4.69, 9.17) is 10.9 Å². The van der Waals surface area contributed by atoms with Crippen molar-refractivity contribution < 1.29 is 12.8 Å². The van der Waals surface area contributed by atoms with E-state index in [2.05, 4.69) is 15.3 Å². The van der Waals surface area contributed by atoms with Crippen molar-refractivity contribution in [1.29, 1.82) is 0 Å². The first-order valence-corrected chi connectivity index (χ1v) is 12.2. The molecule has 5 N–H and O–H groups in total. The van der Waals surface area contributed by atoms with Gasteiger partial charge >= 0.3 is 0 Å². The first-order valence-electron chi connectivity index (χ1n) is 9.06. The second kappa shape index (κ2) is 8.35. The average Bonchev–Trinajstić information content (AvgIpc) is 3.25. The van der Waals surface area contributed by atoms with Gasteiger partial charge in [-0.15, -0.1) is 11.3 Å². The Morgan fingerprint density at radius 1 is 1.03 bits per heavy atom. The second-order valence-electron chi connectivity index (χ2n) is 6.76. The summed E-state index contributed by atoms with van der Waals surface area (Å²) in [6.07, 6.45) is 0.657. The third kappa shape index (κ3) is 4.90. The summed E-state index contributed by atoms with van der Waals surface area (Å²) in [5, 5.41) is 9.56. The minimum atomic E-state index is -3.74. The van der Waals surface area contributed by atoms with Crippen molar-refractivity contribution in [2.45, 2.75) is 18.2 Å². The Bertz CT molecular complexity index is 1330. The number of hydrogen-bond acceptors (Lipinski definition) is 8. The van der Waals surface area contributed by atoms with Crippen LogP contribution in [0.4, 0.5) is 21.0 Å². The Hall–Kier alpha value is -2.86. The number of aromatic nitrogens is 2. The van der Waals surface area contributed by atoms with Gasteiger partial charge < -0.3 is 11.1 Å². The molecular formula is C20H18FN5O2S3. The number of rotatable bonds is 6. The summed E-state index contributed by atoms with van der Waals surface area (Å²) in [6.45, 7) is 1.93. The highest BCUT2D eigenvalue weighted by atomic mass is 32.2. The SMILES string of the molecule is Cc1nc(-c2sc(Nc3ccc(S(N)(=O)=O)cc3)nc2N)sc1Cc1ccc(F)cc1. The van der Waals surface area contributed by atoms with Gasteiger partial charge in [-0.1, -0.05) is 23.5 Å². The van der Waals surface area contributed by atoms with Crippen LogP contribution in [0.25, 0.3) is 9.88 Å². The van der Waals surface area contributed by atoms with Crippen molar-refractivity contribution in [3.05, 3.63) is 70.5 Å². The van der Waals surface area contributed by atoms with Crippen LogP contribution < -0.4 is 16.2 Å². The highest BCUT2D eigenvalue weighted by molar-refractivity contribution is 7.89. The van der Waals surface area contributed by atoms with Crippen molar-refractivity contribution in [3.8, 4) is 9.88 Å². The van der Waals surface area contributed by atoms with Crippen molar-refractivity contribution in [1.82, 2.24) is 9.97 Å². The number of sulfonamides is 1. The van der Waals surface area contributed by atoms with E-state index in [1.807, 2.05) is 6.92 Å². The van der Waals surface area contributed by atoms with Gasteiger partial charge in [0.25, 0.3) is 0 Å². The van der Waals surface area contributed by atoms with Crippen LogP contribution in [-0.4, -0.2) is 18.4 Å². The van der Waals surface area contributed by atoms with Crippen LogP contribution in [0.5, 0.6) is 0 Å².